The van der Waals surface area contributed by atoms with Crippen molar-refractivity contribution in [3.63, 3.8) is 0 Å². The molecule has 1 aliphatic heterocycles. The van der Waals surface area contributed by atoms with Crippen molar-refractivity contribution < 1.29 is 13.6 Å². The minimum absolute atomic E-state index is 0.0573. The highest BCUT2D eigenvalue weighted by molar-refractivity contribution is 9.10. The minimum Gasteiger partial charge on any atom is -0.341 e. The van der Waals surface area contributed by atoms with Gasteiger partial charge in [-0.1, -0.05) is 15.9 Å². The van der Waals surface area contributed by atoms with Crippen LogP contribution in [-0.2, 0) is 11.2 Å². The first-order valence-corrected chi connectivity index (χ1v) is 6.35. The molecule has 0 spiro atoms. The molecule has 1 aromatic carbocycles. The molecule has 0 N–H and O–H groups in total. The Kier molecular flexibility index (Phi) is 3.76. The zero-order chi connectivity index (χ0) is 12.4. The number of rotatable bonds is 3. The number of benzene rings is 1. The molecular weight excluding hydrogens is 292 g/mol. The second-order valence-electron chi connectivity index (χ2n) is 4.11. The fourth-order valence-electron chi connectivity index (χ4n) is 1.94. The predicted molar refractivity (Wildman–Crippen MR) is 64.0 cm³/mol. The third kappa shape index (κ3) is 3.03. The first kappa shape index (κ1) is 12.5. The standard InChI is InChI=1S/C12H12BrF2NO/c13-11-2-4-16(12(11)17)3-1-8-5-9(14)7-10(15)6-8/h5-7,11H,1-4H2. The number of hydrogen-bond acceptors (Lipinski definition) is 1. The molecule has 1 aromatic rings. The van der Waals surface area contributed by atoms with Crippen LogP contribution in [0.3, 0.4) is 0 Å². The Balaban J connectivity index is 1.96. The van der Waals surface area contributed by atoms with Gasteiger partial charge in [-0.2, -0.15) is 0 Å². The van der Waals surface area contributed by atoms with Gasteiger partial charge in [0.15, 0.2) is 0 Å². The molecule has 1 atom stereocenters. The van der Waals surface area contributed by atoms with Crippen LogP contribution in [0.4, 0.5) is 8.78 Å². The Morgan fingerprint density at radius 3 is 2.47 bits per heavy atom. The first-order valence-electron chi connectivity index (χ1n) is 5.44. The maximum atomic E-state index is 12.9. The minimum atomic E-state index is -0.578. The SMILES string of the molecule is O=C1C(Br)CCN1CCc1cc(F)cc(F)c1. The molecule has 2 rings (SSSR count). The summed E-state index contributed by atoms with van der Waals surface area (Å²) in [6, 6.07) is 3.45. The van der Waals surface area contributed by atoms with E-state index in [-0.39, 0.29) is 10.7 Å². The van der Waals surface area contributed by atoms with E-state index in [0.717, 1.165) is 12.5 Å². The lowest BCUT2D eigenvalue weighted by Crippen LogP contribution is -2.29. The van der Waals surface area contributed by atoms with Gasteiger partial charge in [-0.05, 0) is 30.5 Å². The summed E-state index contributed by atoms with van der Waals surface area (Å²) in [7, 11) is 0. The molecule has 17 heavy (non-hydrogen) atoms. The van der Waals surface area contributed by atoms with E-state index in [2.05, 4.69) is 15.9 Å². The predicted octanol–water partition coefficient (Wildman–Crippen LogP) is 2.50. The van der Waals surface area contributed by atoms with Crippen molar-refractivity contribution in [3.8, 4) is 0 Å². The Morgan fingerprint density at radius 1 is 1.29 bits per heavy atom. The molecule has 2 nitrogen and oxygen atoms in total. The largest absolute Gasteiger partial charge is 0.341 e. The van der Waals surface area contributed by atoms with Crippen molar-refractivity contribution in [1.82, 2.24) is 4.90 Å². The van der Waals surface area contributed by atoms with Crippen LogP contribution in [-0.4, -0.2) is 28.7 Å². The summed E-state index contributed by atoms with van der Waals surface area (Å²) in [5, 5.41) is 0. The average Bonchev–Trinajstić information content (AvgIpc) is 2.56. The van der Waals surface area contributed by atoms with Gasteiger partial charge < -0.3 is 4.90 Å². The van der Waals surface area contributed by atoms with Crippen molar-refractivity contribution >= 4 is 21.8 Å². The molecule has 1 amide bonds. The van der Waals surface area contributed by atoms with Gasteiger partial charge in [0.25, 0.3) is 0 Å². The third-order valence-corrected chi connectivity index (χ3v) is 3.67. The van der Waals surface area contributed by atoms with Gasteiger partial charge in [0.05, 0.1) is 4.83 Å². The molecule has 1 saturated heterocycles. The molecule has 0 radical (unpaired) electrons. The molecule has 1 heterocycles. The number of amides is 1. The number of likely N-dealkylation sites (tertiary alicyclic amines) is 1. The Hall–Kier alpha value is -0.970. The molecule has 0 aromatic heterocycles. The number of alkyl halides is 1. The lowest BCUT2D eigenvalue weighted by Gasteiger charge is -2.15. The average molecular weight is 304 g/mol. The van der Waals surface area contributed by atoms with Gasteiger partial charge in [0.2, 0.25) is 5.91 Å². The molecular formula is C12H12BrF2NO. The van der Waals surface area contributed by atoms with Crippen LogP contribution in [0, 0.1) is 11.6 Å². The van der Waals surface area contributed by atoms with E-state index in [0.29, 0.717) is 25.1 Å². The maximum Gasteiger partial charge on any atom is 0.236 e. The van der Waals surface area contributed by atoms with Crippen LogP contribution in [0.25, 0.3) is 0 Å². The monoisotopic (exact) mass is 303 g/mol. The number of carbonyl (C=O) groups excluding carboxylic acids is 1. The normalized spacial score (nSPS) is 20.1. The molecule has 1 fully saturated rings. The van der Waals surface area contributed by atoms with E-state index in [4.69, 9.17) is 0 Å². The van der Waals surface area contributed by atoms with Crippen molar-refractivity contribution in [2.75, 3.05) is 13.1 Å². The number of halogens is 3. The quantitative estimate of drug-likeness (QED) is 0.786. The fraction of sp³-hybridized carbons (Fsp3) is 0.417. The summed E-state index contributed by atoms with van der Waals surface area (Å²) in [5.41, 5.74) is 0.577. The van der Waals surface area contributed by atoms with Crippen LogP contribution in [0.15, 0.2) is 18.2 Å². The number of nitrogens with zero attached hydrogens (tertiary/aromatic N) is 1. The summed E-state index contributed by atoms with van der Waals surface area (Å²) in [5.74, 6) is -1.10. The van der Waals surface area contributed by atoms with Gasteiger partial charge in [0, 0.05) is 19.2 Å². The molecule has 1 unspecified atom stereocenters. The van der Waals surface area contributed by atoms with E-state index < -0.39 is 11.6 Å². The molecule has 0 bridgehead atoms. The summed E-state index contributed by atoms with van der Waals surface area (Å²) in [4.78, 5) is 13.2. The second-order valence-corrected chi connectivity index (χ2v) is 5.21. The molecule has 0 aliphatic carbocycles. The molecule has 92 valence electrons. The third-order valence-electron chi connectivity index (χ3n) is 2.82. The highest BCUT2D eigenvalue weighted by Crippen LogP contribution is 2.19. The Labute approximate surface area is 107 Å². The Morgan fingerprint density at radius 2 is 1.94 bits per heavy atom. The van der Waals surface area contributed by atoms with E-state index in [1.807, 2.05) is 0 Å². The molecule has 0 saturated carbocycles. The topological polar surface area (TPSA) is 20.3 Å². The number of hydrogen-bond donors (Lipinski definition) is 0. The van der Waals surface area contributed by atoms with E-state index in [1.54, 1.807) is 4.90 Å². The van der Waals surface area contributed by atoms with Crippen molar-refractivity contribution in [3.05, 3.63) is 35.4 Å². The smallest absolute Gasteiger partial charge is 0.236 e. The highest BCUT2D eigenvalue weighted by atomic mass is 79.9. The highest BCUT2D eigenvalue weighted by Gasteiger charge is 2.28. The lowest BCUT2D eigenvalue weighted by atomic mass is 10.1. The van der Waals surface area contributed by atoms with Crippen molar-refractivity contribution in [1.29, 1.82) is 0 Å². The van der Waals surface area contributed by atoms with Crippen LogP contribution >= 0.6 is 15.9 Å². The summed E-state index contributed by atoms with van der Waals surface area (Å²) >= 11 is 3.28. The lowest BCUT2D eigenvalue weighted by molar-refractivity contribution is -0.127. The zero-order valence-corrected chi connectivity index (χ0v) is 10.7. The van der Waals surface area contributed by atoms with E-state index >= 15 is 0 Å². The summed E-state index contributed by atoms with van der Waals surface area (Å²) in [6.45, 7) is 1.20. The summed E-state index contributed by atoms with van der Waals surface area (Å²) < 4.78 is 25.9. The second kappa shape index (κ2) is 5.12. The molecule has 5 heteroatoms. The fourth-order valence-corrected chi connectivity index (χ4v) is 2.44. The van der Waals surface area contributed by atoms with Crippen LogP contribution in [0.1, 0.15) is 12.0 Å². The number of carbonyl (C=O) groups is 1. The summed E-state index contributed by atoms with van der Waals surface area (Å²) in [6.07, 6.45) is 1.26. The Bertz CT molecular complexity index is 418. The van der Waals surface area contributed by atoms with Crippen LogP contribution in [0.5, 0.6) is 0 Å². The van der Waals surface area contributed by atoms with Gasteiger partial charge in [-0.15, -0.1) is 0 Å². The zero-order valence-electron chi connectivity index (χ0n) is 9.13. The van der Waals surface area contributed by atoms with Gasteiger partial charge in [-0.25, -0.2) is 8.78 Å². The van der Waals surface area contributed by atoms with Gasteiger partial charge in [-0.3, -0.25) is 4.79 Å². The first-order chi connectivity index (χ1) is 8.06. The van der Waals surface area contributed by atoms with Crippen molar-refractivity contribution in [2.45, 2.75) is 17.7 Å². The van der Waals surface area contributed by atoms with Crippen LogP contribution in [0.2, 0.25) is 0 Å². The van der Waals surface area contributed by atoms with E-state index in [9.17, 15) is 13.6 Å². The van der Waals surface area contributed by atoms with Gasteiger partial charge in [0.1, 0.15) is 11.6 Å². The van der Waals surface area contributed by atoms with Gasteiger partial charge >= 0.3 is 0 Å². The molecule has 1 aliphatic rings. The van der Waals surface area contributed by atoms with Crippen molar-refractivity contribution in [2.24, 2.45) is 0 Å². The van der Waals surface area contributed by atoms with E-state index in [1.165, 1.54) is 12.1 Å². The maximum absolute atomic E-state index is 12.9. The van der Waals surface area contributed by atoms with Crippen LogP contribution < -0.4 is 0 Å².